The molecule has 0 bridgehead atoms. The van der Waals surface area contributed by atoms with Crippen molar-refractivity contribution in [3.8, 4) is 0 Å². The Balaban J connectivity index is 1.64. The Morgan fingerprint density at radius 2 is 1.95 bits per heavy atom. The molecule has 1 heterocycles. The largest absolute Gasteiger partial charge is 0.399 e. The Morgan fingerprint density at radius 1 is 1.14 bits per heavy atom. The molecule has 0 aliphatic carbocycles. The van der Waals surface area contributed by atoms with Gasteiger partial charge in [0.2, 0.25) is 0 Å². The highest BCUT2D eigenvalue weighted by Crippen LogP contribution is 2.26. The number of hydrogen-bond acceptors (Lipinski definition) is 4. The molecule has 108 valence electrons. The van der Waals surface area contributed by atoms with Crippen molar-refractivity contribution in [2.24, 2.45) is 0 Å². The first-order valence-corrected chi connectivity index (χ1v) is 8.94. The second-order valence-electron chi connectivity index (χ2n) is 4.85. The lowest BCUT2D eigenvalue weighted by Gasteiger charge is -2.00. The predicted octanol–water partition coefficient (Wildman–Crippen LogP) is 3.62. The molecule has 5 heteroatoms. The highest BCUT2D eigenvalue weighted by atomic mass is 32.2. The molecule has 0 saturated heterocycles. The smallest absolute Gasteiger partial charge is 0.181 e. The third kappa shape index (κ3) is 3.49. The maximum atomic E-state index is 12.3. The summed E-state index contributed by atoms with van der Waals surface area (Å²) in [7, 11) is -1.03. The van der Waals surface area contributed by atoms with Gasteiger partial charge in [-0.1, -0.05) is 30.3 Å². The van der Waals surface area contributed by atoms with Gasteiger partial charge in [-0.05, 0) is 36.6 Å². The lowest BCUT2D eigenvalue weighted by molar-refractivity contribution is 0.680. The Hall–Kier alpha value is -1.72. The summed E-state index contributed by atoms with van der Waals surface area (Å²) >= 11 is 1.47. The van der Waals surface area contributed by atoms with Crippen LogP contribution in [0.1, 0.15) is 12.0 Å². The van der Waals surface area contributed by atoms with E-state index in [-0.39, 0.29) is 0 Å². The monoisotopic (exact) mass is 316 g/mol. The molecule has 0 aliphatic heterocycles. The normalized spacial score (nSPS) is 12.6. The van der Waals surface area contributed by atoms with Crippen molar-refractivity contribution in [1.29, 1.82) is 0 Å². The van der Waals surface area contributed by atoms with Gasteiger partial charge in [-0.15, -0.1) is 11.3 Å². The molecule has 0 aliphatic rings. The van der Waals surface area contributed by atoms with Crippen molar-refractivity contribution in [2.75, 3.05) is 11.5 Å². The Morgan fingerprint density at radius 3 is 2.76 bits per heavy atom. The van der Waals surface area contributed by atoms with Crippen LogP contribution in [0.2, 0.25) is 0 Å². The third-order valence-electron chi connectivity index (χ3n) is 3.23. The van der Waals surface area contributed by atoms with Crippen molar-refractivity contribution < 1.29 is 4.21 Å². The number of aryl methyl sites for hydroxylation is 1. The molecular formula is C16H16N2OS2. The van der Waals surface area contributed by atoms with Crippen LogP contribution in [0.25, 0.3) is 10.2 Å². The third-order valence-corrected chi connectivity index (χ3v) is 5.99. The molecule has 3 rings (SSSR count). The van der Waals surface area contributed by atoms with Crippen molar-refractivity contribution in [2.45, 2.75) is 17.2 Å². The number of fused-ring (bicyclic) bond motifs is 1. The minimum absolute atomic E-state index is 0.643. The standard InChI is InChI=1S/C16H16N2OS2/c17-13-8-9-14-15(11-13)20-16(18-14)21(19)10-4-7-12-5-2-1-3-6-12/h1-3,5-6,8-9,11H,4,7,10,17H2. The summed E-state index contributed by atoms with van der Waals surface area (Å²) in [6.07, 6.45) is 1.85. The van der Waals surface area contributed by atoms with Gasteiger partial charge in [0.1, 0.15) is 0 Å². The van der Waals surface area contributed by atoms with Gasteiger partial charge in [0.05, 0.1) is 21.0 Å². The summed E-state index contributed by atoms with van der Waals surface area (Å²) in [5.74, 6) is 0.643. The van der Waals surface area contributed by atoms with Crippen molar-refractivity contribution in [3.05, 3.63) is 54.1 Å². The molecule has 1 aromatic heterocycles. The van der Waals surface area contributed by atoms with E-state index >= 15 is 0 Å². The van der Waals surface area contributed by atoms with Gasteiger partial charge in [0.25, 0.3) is 0 Å². The number of aromatic nitrogens is 1. The number of anilines is 1. The summed E-state index contributed by atoms with van der Waals surface area (Å²) in [4.78, 5) is 4.44. The zero-order valence-electron chi connectivity index (χ0n) is 11.5. The van der Waals surface area contributed by atoms with Gasteiger partial charge in [0, 0.05) is 11.4 Å². The number of nitrogen functional groups attached to an aromatic ring is 1. The summed E-state index contributed by atoms with van der Waals surface area (Å²) in [6, 6.07) is 15.9. The first-order valence-electron chi connectivity index (χ1n) is 6.81. The van der Waals surface area contributed by atoms with Gasteiger partial charge < -0.3 is 5.73 Å². The zero-order chi connectivity index (χ0) is 14.7. The highest BCUT2D eigenvalue weighted by Gasteiger charge is 2.10. The van der Waals surface area contributed by atoms with E-state index in [1.807, 2.05) is 36.4 Å². The summed E-state index contributed by atoms with van der Waals surface area (Å²) in [5.41, 5.74) is 8.63. The SMILES string of the molecule is Nc1ccc2nc(S(=O)CCCc3ccccc3)sc2c1. The number of thiazole rings is 1. The van der Waals surface area contributed by atoms with E-state index in [0.29, 0.717) is 15.8 Å². The predicted molar refractivity (Wildman–Crippen MR) is 90.1 cm³/mol. The van der Waals surface area contributed by atoms with Crippen molar-refractivity contribution in [3.63, 3.8) is 0 Å². The van der Waals surface area contributed by atoms with E-state index in [1.165, 1.54) is 16.9 Å². The maximum Gasteiger partial charge on any atom is 0.181 e. The maximum absolute atomic E-state index is 12.3. The van der Waals surface area contributed by atoms with Crippen molar-refractivity contribution >= 4 is 38.0 Å². The number of rotatable bonds is 5. The number of nitrogens with zero attached hydrogens (tertiary/aromatic N) is 1. The van der Waals surface area contributed by atoms with Crippen LogP contribution in [0.4, 0.5) is 5.69 Å². The number of benzene rings is 2. The van der Waals surface area contributed by atoms with Crippen LogP contribution in [0, 0.1) is 0 Å². The van der Waals surface area contributed by atoms with Gasteiger partial charge in [-0.3, -0.25) is 4.21 Å². The van der Waals surface area contributed by atoms with Crippen LogP contribution >= 0.6 is 11.3 Å². The molecule has 2 N–H and O–H groups in total. The van der Waals surface area contributed by atoms with E-state index in [4.69, 9.17) is 5.73 Å². The molecule has 0 saturated carbocycles. The van der Waals surface area contributed by atoms with Crippen LogP contribution in [-0.2, 0) is 17.2 Å². The van der Waals surface area contributed by atoms with E-state index in [9.17, 15) is 4.21 Å². The second kappa shape index (κ2) is 6.37. The molecular weight excluding hydrogens is 300 g/mol. The topological polar surface area (TPSA) is 56.0 Å². The molecule has 1 atom stereocenters. The van der Waals surface area contributed by atoms with E-state index in [1.54, 1.807) is 0 Å². The van der Waals surface area contributed by atoms with Crippen LogP contribution in [-0.4, -0.2) is 14.9 Å². The minimum atomic E-state index is -1.03. The molecule has 1 unspecified atom stereocenters. The molecule has 2 aromatic carbocycles. The Kier molecular flexibility index (Phi) is 4.31. The lowest BCUT2D eigenvalue weighted by Crippen LogP contribution is -1.99. The van der Waals surface area contributed by atoms with Crippen LogP contribution in [0.3, 0.4) is 0 Å². The molecule has 0 fully saturated rings. The molecule has 0 spiro atoms. The van der Waals surface area contributed by atoms with E-state index in [2.05, 4.69) is 17.1 Å². The average molecular weight is 316 g/mol. The van der Waals surface area contributed by atoms with Gasteiger partial charge in [-0.25, -0.2) is 4.98 Å². The molecule has 0 radical (unpaired) electrons. The van der Waals surface area contributed by atoms with E-state index < -0.39 is 10.8 Å². The van der Waals surface area contributed by atoms with Gasteiger partial charge in [-0.2, -0.15) is 0 Å². The molecule has 0 amide bonds. The van der Waals surface area contributed by atoms with Crippen LogP contribution < -0.4 is 5.73 Å². The Bertz CT molecular complexity index is 768. The minimum Gasteiger partial charge on any atom is -0.399 e. The summed E-state index contributed by atoms with van der Waals surface area (Å²) < 4.78 is 14.0. The fraction of sp³-hybridized carbons (Fsp3) is 0.188. The molecule has 3 nitrogen and oxygen atoms in total. The number of hydrogen-bond donors (Lipinski definition) is 1. The van der Waals surface area contributed by atoms with E-state index in [0.717, 1.165) is 23.1 Å². The summed E-state index contributed by atoms with van der Waals surface area (Å²) in [6.45, 7) is 0. The first-order chi connectivity index (χ1) is 10.2. The van der Waals surface area contributed by atoms with Gasteiger partial charge in [0.15, 0.2) is 4.34 Å². The quantitative estimate of drug-likeness (QED) is 0.731. The zero-order valence-corrected chi connectivity index (χ0v) is 13.1. The van der Waals surface area contributed by atoms with Crippen molar-refractivity contribution in [1.82, 2.24) is 4.98 Å². The van der Waals surface area contributed by atoms with Crippen LogP contribution in [0.15, 0.2) is 52.9 Å². The number of nitrogens with two attached hydrogens (primary N) is 1. The second-order valence-corrected chi connectivity index (χ2v) is 7.62. The average Bonchev–Trinajstić information content (AvgIpc) is 2.91. The summed E-state index contributed by atoms with van der Waals surface area (Å²) in [5, 5.41) is 0. The highest BCUT2D eigenvalue weighted by molar-refractivity contribution is 7.87. The van der Waals surface area contributed by atoms with Gasteiger partial charge >= 0.3 is 0 Å². The molecule has 21 heavy (non-hydrogen) atoms. The molecule has 3 aromatic rings. The fourth-order valence-corrected chi connectivity index (χ4v) is 4.57. The Labute approximate surface area is 130 Å². The first kappa shape index (κ1) is 14.2. The fourth-order valence-electron chi connectivity index (χ4n) is 2.16. The lowest BCUT2D eigenvalue weighted by atomic mass is 10.1. The van der Waals surface area contributed by atoms with Crippen LogP contribution in [0.5, 0.6) is 0 Å².